The molecule has 0 radical (unpaired) electrons. The van der Waals surface area contributed by atoms with Crippen LogP contribution in [0.3, 0.4) is 0 Å². The van der Waals surface area contributed by atoms with Crippen LogP contribution in [0.25, 0.3) is 0 Å². The largest absolute Gasteiger partial charge is 0.353 e. The first-order chi connectivity index (χ1) is 19.3. The van der Waals surface area contributed by atoms with Crippen LogP contribution < -0.4 is 14.7 Å². The molecule has 0 N–H and O–H groups in total. The van der Waals surface area contributed by atoms with Crippen molar-refractivity contribution in [2.45, 2.75) is 51.9 Å². The zero-order chi connectivity index (χ0) is 27.8. The number of fused-ring (bicyclic) bond motifs is 5. The van der Waals surface area contributed by atoms with Gasteiger partial charge in [-0.3, -0.25) is 0 Å². The SMILES string of the molecule is Cc1cc(C)c(N2C=CN(C)C2(C)c2ccccc2CC2c3ccccc3N3c4ncncc4N(C)C23)c(C)c1. The predicted molar refractivity (Wildman–Crippen MR) is 163 cm³/mol. The van der Waals surface area contributed by atoms with Crippen molar-refractivity contribution in [3.8, 4) is 0 Å². The summed E-state index contributed by atoms with van der Waals surface area (Å²) in [6, 6.07) is 22.4. The smallest absolute Gasteiger partial charge is 0.161 e. The van der Waals surface area contributed by atoms with Crippen LogP contribution in [0.1, 0.15) is 46.2 Å². The molecule has 4 aromatic rings. The van der Waals surface area contributed by atoms with Crippen LogP contribution in [0, 0.1) is 20.8 Å². The fourth-order valence-electron chi connectivity index (χ4n) is 7.48. The average molecular weight is 529 g/mol. The van der Waals surface area contributed by atoms with Gasteiger partial charge in [0.2, 0.25) is 0 Å². The number of para-hydroxylation sites is 1. The molecule has 6 nitrogen and oxygen atoms in total. The van der Waals surface area contributed by atoms with E-state index in [0.29, 0.717) is 0 Å². The lowest BCUT2D eigenvalue weighted by Crippen LogP contribution is -2.48. The number of anilines is 4. The zero-order valence-corrected chi connectivity index (χ0v) is 24.1. The van der Waals surface area contributed by atoms with Crippen molar-refractivity contribution in [2.75, 3.05) is 28.8 Å². The maximum atomic E-state index is 4.71. The number of nitrogens with zero attached hydrogens (tertiary/aromatic N) is 6. The first-order valence-corrected chi connectivity index (χ1v) is 14.1. The molecule has 3 unspecified atom stereocenters. The van der Waals surface area contributed by atoms with Crippen molar-refractivity contribution in [3.05, 3.63) is 119 Å². The van der Waals surface area contributed by atoms with E-state index in [2.05, 4.69) is 139 Å². The molecular formula is C34H36N6. The number of rotatable bonds is 4. The molecule has 202 valence electrons. The quantitative estimate of drug-likeness (QED) is 0.292. The van der Waals surface area contributed by atoms with Crippen LogP contribution in [0.4, 0.5) is 22.9 Å². The molecular weight excluding hydrogens is 492 g/mol. The molecule has 3 aliphatic rings. The van der Waals surface area contributed by atoms with Gasteiger partial charge in [0.1, 0.15) is 23.8 Å². The van der Waals surface area contributed by atoms with Crippen LogP contribution >= 0.6 is 0 Å². The molecule has 7 rings (SSSR count). The predicted octanol–water partition coefficient (Wildman–Crippen LogP) is 6.75. The minimum atomic E-state index is -0.366. The van der Waals surface area contributed by atoms with Crippen molar-refractivity contribution < 1.29 is 0 Å². The van der Waals surface area contributed by atoms with Crippen molar-refractivity contribution in [3.63, 3.8) is 0 Å². The molecule has 0 bridgehead atoms. The summed E-state index contributed by atoms with van der Waals surface area (Å²) in [5, 5.41) is 0. The summed E-state index contributed by atoms with van der Waals surface area (Å²) in [5.74, 6) is 1.27. The van der Waals surface area contributed by atoms with Crippen LogP contribution in [-0.2, 0) is 12.1 Å². The number of aryl methyl sites for hydroxylation is 3. The van der Waals surface area contributed by atoms with Gasteiger partial charge in [0.15, 0.2) is 5.82 Å². The van der Waals surface area contributed by atoms with Gasteiger partial charge in [-0.1, -0.05) is 60.2 Å². The molecule has 0 saturated carbocycles. The summed E-state index contributed by atoms with van der Waals surface area (Å²) in [4.78, 5) is 18.7. The van der Waals surface area contributed by atoms with Gasteiger partial charge in [0.05, 0.1) is 6.20 Å². The van der Waals surface area contributed by atoms with Gasteiger partial charge in [-0.15, -0.1) is 0 Å². The Kier molecular flexibility index (Phi) is 5.46. The molecule has 4 heterocycles. The van der Waals surface area contributed by atoms with Gasteiger partial charge in [-0.05, 0) is 62.4 Å². The maximum Gasteiger partial charge on any atom is 0.161 e. The van der Waals surface area contributed by atoms with Crippen LogP contribution in [0.5, 0.6) is 0 Å². The molecule has 0 spiro atoms. The van der Waals surface area contributed by atoms with E-state index >= 15 is 0 Å². The first-order valence-electron chi connectivity index (χ1n) is 14.1. The van der Waals surface area contributed by atoms with E-state index in [4.69, 9.17) is 4.98 Å². The highest BCUT2D eigenvalue weighted by Crippen LogP contribution is 2.54. The number of benzene rings is 3. The van der Waals surface area contributed by atoms with Crippen LogP contribution in [0.2, 0.25) is 0 Å². The third-order valence-corrected chi connectivity index (χ3v) is 9.34. The van der Waals surface area contributed by atoms with E-state index in [0.717, 1.165) is 17.9 Å². The minimum Gasteiger partial charge on any atom is -0.353 e. The third-order valence-electron chi connectivity index (χ3n) is 9.34. The Bertz CT molecular complexity index is 1640. The highest BCUT2D eigenvalue weighted by Gasteiger charge is 2.49. The van der Waals surface area contributed by atoms with E-state index in [1.165, 1.54) is 44.8 Å². The molecule has 0 saturated heterocycles. The highest BCUT2D eigenvalue weighted by molar-refractivity contribution is 5.85. The molecule has 0 amide bonds. The summed E-state index contributed by atoms with van der Waals surface area (Å²) in [5.41, 5.74) is 11.2. The van der Waals surface area contributed by atoms with Crippen molar-refractivity contribution in [1.29, 1.82) is 0 Å². The number of hydrogen-bond acceptors (Lipinski definition) is 6. The molecule has 0 aliphatic carbocycles. The Morgan fingerprint density at radius 2 is 1.60 bits per heavy atom. The van der Waals surface area contributed by atoms with Gasteiger partial charge < -0.3 is 19.6 Å². The van der Waals surface area contributed by atoms with Gasteiger partial charge in [0.25, 0.3) is 0 Å². The van der Waals surface area contributed by atoms with E-state index in [-0.39, 0.29) is 17.7 Å². The number of likely N-dealkylation sites (N-methyl/N-ethyl adjacent to an activating group) is 1. The Labute approximate surface area is 237 Å². The lowest BCUT2D eigenvalue weighted by molar-refractivity contribution is 0.228. The van der Waals surface area contributed by atoms with E-state index < -0.39 is 0 Å². The van der Waals surface area contributed by atoms with Crippen LogP contribution in [0.15, 0.2) is 85.6 Å². The van der Waals surface area contributed by atoms with Crippen molar-refractivity contribution in [2.24, 2.45) is 0 Å². The summed E-state index contributed by atoms with van der Waals surface area (Å²) in [6.07, 6.45) is 9.13. The summed E-state index contributed by atoms with van der Waals surface area (Å²) < 4.78 is 0. The Morgan fingerprint density at radius 1 is 0.875 bits per heavy atom. The Balaban J connectivity index is 1.33. The first kappa shape index (κ1) is 24.7. The van der Waals surface area contributed by atoms with E-state index in [1.54, 1.807) is 6.33 Å². The topological polar surface area (TPSA) is 38.7 Å². The Hall–Kier alpha value is -4.32. The fourth-order valence-corrected chi connectivity index (χ4v) is 7.48. The standard InChI is InChI=1S/C34H36N6/c1-22-17-23(2)31(24(3)18-22)39-16-15-37(5)34(39,4)28-13-9-7-11-25(28)19-27-26-12-8-10-14-29(26)40-32-30(20-35-21-36-32)38(6)33(27)40/h7-18,20-21,27,33H,19H2,1-6H3. The average Bonchev–Trinajstić information content (AvgIpc) is 3.53. The van der Waals surface area contributed by atoms with E-state index in [1.807, 2.05) is 6.20 Å². The molecule has 3 aromatic carbocycles. The summed E-state index contributed by atoms with van der Waals surface area (Å²) in [7, 11) is 4.37. The van der Waals surface area contributed by atoms with Crippen molar-refractivity contribution in [1.82, 2.24) is 14.9 Å². The van der Waals surface area contributed by atoms with Crippen LogP contribution in [-0.4, -0.2) is 35.1 Å². The second kappa shape index (κ2) is 8.85. The maximum absolute atomic E-state index is 4.71. The second-order valence-corrected chi connectivity index (χ2v) is 11.7. The lowest BCUT2D eigenvalue weighted by Gasteiger charge is -2.44. The fraction of sp³-hybridized carbons (Fsp3) is 0.294. The van der Waals surface area contributed by atoms with Gasteiger partial charge in [0, 0.05) is 49.4 Å². The van der Waals surface area contributed by atoms with Crippen molar-refractivity contribution >= 4 is 22.9 Å². The monoisotopic (exact) mass is 528 g/mol. The van der Waals surface area contributed by atoms with Gasteiger partial charge in [-0.25, -0.2) is 9.97 Å². The van der Waals surface area contributed by atoms with E-state index in [9.17, 15) is 0 Å². The molecule has 40 heavy (non-hydrogen) atoms. The second-order valence-electron chi connectivity index (χ2n) is 11.7. The minimum absolute atomic E-state index is 0.155. The summed E-state index contributed by atoms with van der Waals surface area (Å²) >= 11 is 0. The molecule has 1 aromatic heterocycles. The number of aromatic nitrogens is 2. The molecule has 0 fully saturated rings. The normalized spacial score (nSPS) is 22.6. The number of hydrogen-bond donors (Lipinski definition) is 0. The molecule has 3 atom stereocenters. The Morgan fingerprint density at radius 3 is 2.40 bits per heavy atom. The third kappa shape index (κ3) is 3.35. The molecule has 6 heteroatoms. The highest BCUT2D eigenvalue weighted by atomic mass is 15.5. The molecule has 3 aliphatic heterocycles. The van der Waals surface area contributed by atoms with Gasteiger partial charge in [-0.2, -0.15) is 0 Å². The summed E-state index contributed by atoms with van der Waals surface area (Å²) in [6.45, 7) is 8.99. The lowest BCUT2D eigenvalue weighted by atomic mass is 9.85. The zero-order valence-electron chi connectivity index (χ0n) is 24.1. The van der Waals surface area contributed by atoms with Gasteiger partial charge >= 0.3 is 0 Å².